The number of esters is 1. The van der Waals surface area contributed by atoms with Gasteiger partial charge in [-0.2, -0.15) is 0 Å². The molecule has 0 aliphatic carbocycles. The predicted octanol–water partition coefficient (Wildman–Crippen LogP) is 2.01. The standard InChI is InChI=1S/C23H37N3O4/c1-23(2,3)30-22(28)21(24)17-18-5-7-19(8-6-18)25(4)11-12-26(13-14-27)20-9-15-29-16-10-20/h5-8,14,20-21H,9-13,15-17,24H2,1-4H3. The quantitative estimate of drug-likeness (QED) is 0.459. The number of benzene rings is 1. The fourth-order valence-corrected chi connectivity index (χ4v) is 3.58. The van der Waals surface area contributed by atoms with Gasteiger partial charge in [0.15, 0.2) is 0 Å². The Morgan fingerprint density at radius 1 is 1.23 bits per heavy atom. The second-order valence-electron chi connectivity index (χ2n) is 8.94. The average molecular weight is 420 g/mol. The van der Waals surface area contributed by atoms with Crippen molar-refractivity contribution in [3.8, 4) is 0 Å². The SMILES string of the molecule is CN(CCN(CC=O)C1CCOCC1)c1ccc(CC(N)C(=O)OC(C)(C)C)cc1. The molecule has 1 aromatic rings. The molecule has 30 heavy (non-hydrogen) atoms. The second kappa shape index (κ2) is 11.4. The van der Waals surface area contributed by atoms with Crippen LogP contribution in [-0.2, 0) is 25.5 Å². The molecular weight excluding hydrogens is 382 g/mol. The Morgan fingerprint density at radius 3 is 2.43 bits per heavy atom. The molecule has 2 N–H and O–H groups in total. The predicted molar refractivity (Wildman–Crippen MR) is 119 cm³/mol. The van der Waals surface area contributed by atoms with E-state index in [1.807, 2.05) is 52.1 Å². The number of aldehydes is 1. The highest BCUT2D eigenvalue weighted by Crippen LogP contribution is 2.17. The lowest BCUT2D eigenvalue weighted by Gasteiger charge is -2.34. The molecule has 1 unspecified atom stereocenters. The van der Waals surface area contributed by atoms with Crippen LogP contribution in [0.1, 0.15) is 39.2 Å². The summed E-state index contributed by atoms with van der Waals surface area (Å²) in [7, 11) is 2.05. The van der Waals surface area contributed by atoms with Gasteiger partial charge in [0, 0.05) is 45.1 Å². The fourth-order valence-electron chi connectivity index (χ4n) is 3.58. The molecule has 1 aromatic carbocycles. The Morgan fingerprint density at radius 2 is 1.87 bits per heavy atom. The number of ether oxygens (including phenoxy) is 2. The Balaban J connectivity index is 1.87. The fraction of sp³-hybridized carbons (Fsp3) is 0.652. The van der Waals surface area contributed by atoms with Crippen molar-refractivity contribution in [1.82, 2.24) is 4.90 Å². The minimum Gasteiger partial charge on any atom is -0.459 e. The number of anilines is 1. The Hall–Kier alpha value is -1.96. The molecule has 0 amide bonds. The van der Waals surface area contributed by atoms with Crippen LogP contribution < -0.4 is 10.6 Å². The summed E-state index contributed by atoms with van der Waals surface area (Å²) in [6.45, 7) is 9.14. The van der Waals surface area contributed by atoms with Gasteiger partial charge in [-0.1, -0.05) is 12.1 Å². The number of carbonyl (C=O) groups excluding carboxylic acids is 2. The van der Waals surface area contributed by atoms with E-state index in [9.17, 15) is 9.59 Å². The zero-order valence-electron chi connectivity index (χ0n) is 18.8. The number of nitrogens with two attached hydrogens (primary N) is 1. The molecule has 7 nitrogen and oxygen atoms in total. The maximum absolute atomic E-state index is 12.1. The molecular formula is C23H37N3O4. The number of nitrogens with zero attached hydrogens (tertiary/aromatic N) is 2. The molecule has 0 radical (unpaired) electrons. The van der Waals surface area contributed by atoms with E-state index in [4.69, 9.17) is 15.2 Å². The van der Waals surface area contributed by atoms with Gasteiger partial charge in [-0.25, -0.2) is 0 Å². The van der Waals surface area contributed by atoms with Gasteiger partial charge in [-0.3, -0.25) is 9.69 Å². The van der Waals surface area contributed by atoms with Crippen LogP contribution in [0.3, 0.4) is 0 Å². The summed E-state index contributed by atoms with van der Waals surface area (Å²) in [5, 5.41) is 0. The van der Waals surface area contributed by atoms with Crippen LogP contribution in [0.25, 0.3) is 0 Å². The summed E-state index contributed by atoms with van der Waals surface area (Å²) < 4.78 is 10.8. The molecule has 1 saturated heterocycles. The van der Waals surface area contributed by atoms with Gasteiger partial charge >= 0.3 is 5.97 Å². The van der Waals surface area contributed by atoms with Gasteiger partial charge in [0.2, 0.25) is 0 Å². The third-order valence-electron chi connectivity index (χ3n) is 5.28. The molecule has 0 saturated carbocycles. The first kappa shape index (κ1) is 24.3. The van der Waals surface area contributed by atoms with E-state index >= 15 is 0 Å². The van der Waals surface area contributed by atoms with Crippen molar-refractivity contribution < 1.29 is 19.1 Å². The second-order valence-corrected chi connectivity index (χ2v) is 8.94. The summed E-state index contributed by atoms with van der Waals surface area (Å²) in [6, 6.07) is 7.80. The van der Waals surface area contributed by atoms with Crippen molar-refractivity contribution in [3.05, 3.63) is 29.8 Å². The maximum Gasteiger partial charge on any atom is 0.323 e. The largest absolute Gasteiger partial charge is 0.459 e. The summed E-state index contributed by atoms with van der Waals surface area (Å²) in [6.07, 6.45) is 3.38. The molecule has 0 spiro atoms. The molecule has 0 aromatic heterocycles. The van der Waals surface area contributed by atoms with Gasteiger partial charge in [0.05, 0.1) is 6.54 Å². The van der Waals surface area contributed by atoms with Gasteiger partial charge in [0.1, 0.15) is 17.9 Å². The highest BCUT2D eigenvalue weighted by atomic mass is 16.6. The molecule has 1 heterocycles. The molecule has 1 atom stereocenters. The van der Waals surface area contributed by atoms with E-state index in [0.717, 1.165) is 56.7 Å². The van der Waals surface area contributed by atoms with Crippen LogP contribution in [0.5, 0.6) is 0 Å². The van der Waals surface area contributed by atoms with Crippen molar-refractivity contribution in [2.75, 3.05) is 44.8 Å². The first-order valence-electron chi connectivity index (χ1n) is 10.7. The van der Waals surface area contributed by atoms with E-state index in [-0.39, 0.29) is 5.97 Å². The molecule has 1 aliphatic heterocycles. The number of hydrogen-bond donors (Lipinski definition) is 1. The minimum absolute atomic E-state index is 0.382. The van der Waals surface area contributed by atoms with E-state index in [0.29, 0.717) is 19.0 Å². The monoisotopic (exact) mass is 419 g/mol. The third kappa shape index (κ3) is 8.05. The Labute approximate surface area is 180 Å². The Kier molecular flexibility index (Phi) is 9.27. The first-order chi connectivity index (χ1) is 14.2. The summed E-state index contributed by atoms with van der Waals surface area (Å²) >= 11 is 0. The topological polar surface area (TPSA) is 85.1 Å². The highest BCUT2D eigenvalue weighted by molar-refractivity contribution is 5.76. The van der Waals surface area contributed by atoms with Gasteiger partial charge in [-0.15, -0.1) is 0 Å². The zero-order valence-corrected chi connectivity index (χ0v) is 18.8. The van der Waals surface area contributed by atoms with E-state index in [2.05, 4.69) is 9.80 Å². The highest BCUT2D eigenvalue weighted by Gasteiger charge is 2.23. The van der Waals surface area contributed by atoms with E-state index < -0.39 is 11.6 Å². The molecule has 1 aliphatic rings. The third-order valence-corrected chi connectivity index (χ3v) is 5.28. The lowest BCUT2D eigenvalue weighted by atomic mass is 10.1. The Bertz CT molecular complexity index is 666. The maximum atomic E-state index is 12.1. The molecule has 1 fully saturated rings. The van der Waals surface area contributed by atoms with E-state index in [1.54, 1.807) is 0 Å². The molecule has 7 heteroatoms. The van der Waals surface area contributed by atoms with Gasteiger partial charge < -0.3 is 24.9 Å². The lowest BCUT2D eigenvalue weighted by molar-refractivity contribution is -0.156. The first-order valence-corrected chi connectivity index (χ1v) is 10.7. The molecule has 2 rings (SSSR count). The van der Waals surface area contributed by atoms with Crippen LogP contribution in [0.2, 0.25) is 0 Å². The lowest BCUT2D eigenvalue weighted by Crippen LogP contribution is -2.44. The zero-order chi connectivity index (χ0) is 22.1. The van der Waals surface area contributed by atoms with Crippen LogP contribution in [0, 0.1) is 0 Å². The van der Waals surface area contributed by atoms with Crippen LogP contribution in [0.4, 0.5) is 5.69 Å². The van der Waals surface area contributed by atoms with Crippen molar-refractivity contribution in [2.45, 2.75) is 57.7 Å². The van der Waals surface area contributed by atoms with Crippen LogP contribution >= 0.6 is 0 Å². The normalized spacial score (nSPS) is 16.3. The smallest absolute Gasteiger partial charge is 0.323 e. The summed E-state index contributed by atoms with van der Waals surface area (Å²) in [4.78, 5) is 27.6. The van der Waals surface area contributed by atoms with Crippen LogP contribution in [-0.4, -0.2) is 74.7 Å². The van der Waals surface area contributed by atoms with Crippen LogP contribution in [0.15, 0.2) is 24.3 Å². The molecule has 0 bridgehead atoms. The minimum atomic E-state index is -0.677. The molecule has 168 valence electrons. The number of rotatable bonds is 10. The van der Waals surface area contributed by atoms with Gasteiger partial charge in [0.25, 0.3) is 0 Å². The number of carbonyl (C=O) groups is 2. The average Bonchev–Trinajstić information content (AvgIpc) is 2.70. The van der Waals surface area contributed by atoms with Crippen molar-refractivity contribution in [3.63, 3.8) is 0 Å². The number of likely N-dealkylation sites (N-methyl/N-ethyl adjacent to an activating group) is 1. The van der Waals surface area contributed by atoms with Crippen molar-refractivity contribution >= 4 is 17.9 Å². The van der Waals surface area contributed by atoms with Crippen molar-refractivity contribution in [1.29, 1.82) is 0 Å². The summed E-state index contributed by atoms with van der Waals surface area (Å²) in [5.41, 5.74) is 7.55. The number of hydrogen-bond acceptors (Lipinski definition) is 7. The van der Waals surface area contributed by atoms with Gasteiger partial charge in [-0.05, 0) is 57.7 Å². The summed E-state index contributed by atoms with van der Waals surface area (Å²) in [5.74, 6) is -0.382. The van der Waals surface area contributed by atoms with Crippen molar-refractivity contribution in [2.24, 2.45) is 5.73 Å². The van der Waals surface area contributed by atoms with E-state index in [1.165, 1.54) is 0 Å².